The minimum Gasteiger partial charge on any atom is -0.350 e. The number of nitrogens with one attached hydrogen (secondary N) is 1. The minimum absolute atomic E-state index is 0.0753. The third kappa shape index (κ3) is 7.68. The highest BCUT2D eigenvalue weighted by Gasteiger charge is 2.33. The van der Waals surface area contributed by atoms with Crippen LogP contribution in [0, 0.1) is 6.92 Å². The van der Waals surface area contributed by atoms with E-state index in [2.05, 4.69) is 21.2 Å². The third-order valence-electron chi connectivity index (χ3n) is 5.81. The van der Waals surface area contributed by atoms with Gasteiger partial charge < -0.3 is 10.2 Å². The average Bonchev–Trinajstić information content (AvgIpc) is 2.84. The number of rotatable bonds is 9. The van der Waals surface area contributed by atoms with Crippen LogP contribution in [-0.2, 0) is 26.2 Å². The molecule has 202 valence electrons. The van der Waals surface area contributed by atoms with Crippen molar-refractivity contribution in [3.8, 4) is 0 Å². The van der Waals surface area contributed by atoms with Crippen molar-refractivity contribution in [2.75, 3.05) is 10.8 Å². The van der Waals surface area contributed by atoms with Gasteiger partial charge in [-0.05, 0) is 82.1 Å². The second kappa shape index (κ2) is 12.1. The van der Waals surface area contributed by atoms with Crippen LogP contribution in [0.3, 0.4) is 0 Å². The van der Waals surface area contributed by atoms with E-state index in [-0.39, 0.29) is 17.3 Å². The summed E-state index contributed by atoms with van der Waals surface area (Å²) in [5.74, 6) is -0.823. The highest BCUT2D eigenvalue weighted by atomic mass is 79.9. The molecule has 0 fully saturated rings. The van der Waals surface area contributed by atoms with Gasteiger partial charge in [0.1, 0.15) is 12.6 Å². The monoisotopic (exact) mass is 599 g/mol. The van der Waals surface area contributed by atoms with E-state index in [4.69, 9.17) is 0 Å². The van der Waals surface area contributed by atoms with Crippen molar-refractivity contribution in [1.29, 1.82) is 0 Å². The Bertz CT molecular complexity index is 1390. The molecule has 3 aromatic carbocycles. The summed E-state index contributed by atoms with van der Waals surface area (Å²) in [7, 11) is -4.08. The zero-order chi connectivity index (χ0) is 28.1. The van der Waals surface area contributed by atoms with E-state index in [1.807, 2.05) is 58.0 Å². The molecule has 0 saturated heterocycles. The largest absolute Gasteiger partial charge is 0.350 e. The van der Waals surface area contributed by atoms with Gasteiger partial charge >= 0.3 is 0 Å². The van der Waals surface area contributed by atoms with Crippen LogP contribution in [0.15, 0.2) is 88.2 Å². The predicted octanol–water partition coefficient (Wildman–Crippen LogP) is 5.28. The van der Waals surface area contributed by atoms with Crippen LogP contribution in [-0.4, -0.2) is 43.3 Å². The summed E-state index contributed by atoms with van der Waals surface area (Å²) in [5, 5.41) is 2.93. The van der Waals surface area contributed by atoms with Crippen LogP contribution < -0.4 is 9.62 Å². The summed E-state index contributed by atoms with van der Waals surface area (Å²) in [5.41, 5.74) is 1.53. The Labute approximate surface area is 234 Å². The molecule has 1 atom stereocenters. The lowest BCUT2D eigenvalue weighted by Crippen LogP contribution is -2.54. The molecule has 3 aromatic rings. The summed E-state index contributed by atoms with van der Waals surface area (Å²) < 4.78 is 29.5. The maximum atomic E-state index is 13.9. The summed E-state index contributed by atoms with van der Waals surface area (Å²) in [6.07, 6.45) is 0. The molecule has 0 aliphatic heterocycles. The van der Waals surface area contributed by atoms with E-state index >= 15 is 0 Å². The number of anilines is 1. The highest BCUT2D eigenvalue weighted by molar-refractivity contribution is 9.10. The molecule has 3 rings (SSSR count). The summed E-state index contributed by atoms with van der Waals surface area (Å²) in [6.45, 7) is 8.76. The van der Waals surface area contributed by atoms with Gasteiger partial charge in [0, 0.05) is 16.6 Å². The number of hydrogen-bond acceptors (Lipinski definition) is 4. The van der Waals surface area contributed by atoms with Crippen LogP contribution in [0.5, 0.6) is 0 Å². The van der Waals surface area contributed by atoms with Gasteiger partial charge in [0.2, 0.25) is 11.8 Å². The maximum absolute atomic E-state index is 13.9. The lowest BCUT2D eigenvalue weighted by molar-refractivity contribution is -0.140. The summed E-state index contributed by atoms with van der Waals surface area (Å²) in [4.78, 5) is 28.6. The second-order valence-corrected chi connectivity index (χ2v) is 13.0. The van der Waals surface area contributed by atoms with Crippen molar-refractivity contribution in [2.24, 2.45) is 0 Å². The number of nitrogens with zero attached hydrogens (tertiary/aromatic N) is 2. The first-order valence-corrected chi connectivity index (χ1v) is 14.5. The Balaban J connectivity index is 2.03. The number of carbonyl (C=O) groups is 2. The first-order valence-electron chi connectivity index (χ1n) is 12.3. The lowest BCUT2D eigenvalue weighted by Gasteiger charge is -2.33. The normalized spacial score (nSPS) is 12.5. The predicted molar refractivity (Wildman–Crippen MR) is 154 cm³/mol. The molecule has 0 aliphatic rings. The van der Waals surface area contributed by atoms with Crippen LogP contribution in [0.25, 0.3) is 0 Å². The fourth-order valence-corrected chi connectivity index (χ4v) is 5.79. The molecule has 1 N–H and O–H groups in total. The van der Waals surface area contributed by atoms with Gasteiger partial charge in [0.25, 0.3) is 10.0 Å². The maximum Gasteiger partial charge on any atom is 0.264 e. The molecule has 0 aromatic heterocycles. The van der Waals surface area contributed by atoms with E-state index in [1.54, 1.807) is 43.3 Å². The van der Waals surface area contributed by atoms with Crippen LogP contribution in [0.2, 0.25) is 0 Å². The Morgan fingerprint density at radius 3 is 2.21 bits per heavy atom. The summed E-state index contributed by atoms with van der Waals surface area (Å²) in [6, 6.07) is 21.6. The van der Waals surface area contributed by atoms with Crippen molar-refractivity contribution < 1.29 is 18.0 Å². The third-order valence-corrected chi connectivity index (χ3v) is 8.09. The van der Waals surface area contributed by atoms with E-state index in [9.17, 15) is 18.0 Å². The second-order valence-electron chi connectivity index (χ2n) is 10.2. The van der Waals surface area contributed by atoms with Gasteiger partial charge in [-0.15, -0.1) is 0 Å². The van der Waals surface area contributed by atoms with Crippen molar-refractivity contribution in [1.82, 2.24) is 10.2 Å². The SMILES string of the molecule is Cc1cccc(N(CC(=O)N(Cc2cccc(Br)c2)[C@H](C)C(=O)NC(C)(C)C)S(=O)(=O)c2ccccc2)c1. The first kappa shape index (κ1) is 29.4. The highest BCUT2D eigenvalue weighted by Crippen LogP contribution is 2.25. The van der Waals surface area contributed by atoms with Crippen LogP contribution >= 0.6 is 15.9 Å². The van der Waals surface area contributed by atoms with Crippen molar-refractivity contribution >= 4 is 43.5 Å². The quantitative estimate of drug-likeness (QED) is 0.362. The molecule has 2 amide bonds. The standard InChI is InChI=1S/C29H34BrN3O4S/c1-21-11-9-14-25(17-21)33(38(36,37)26-15-7-6-8-16-26)20-27(34)32(19-23-12-10-13-24(30)18-23)22(2)28(35)31-29(3,4)5/h6-18,22H,19-20H2,1-5H3,(H,31,35)/t22-/m1/s1. The fraction of sp³-hybridized carbons (Fsp3) is 0.310. The van der Waals surface area contributed by atoms with E-state index in [0.717, 1.165) is 19.9 Å². The molecule has 9 heteroatoms. The molecule has 0 heterocycles. The summed E-state index contributed by atoms with van der Waals surface area (Å²) >= 11 is 3.45. The van der Waals surface area contributed by atoms with E-state index < -0.39 is 34.1 Å². The smallest absolute Gasteiger partial charge is 0.264 e. The number of halogens is 1. The Kier molecular flexibility index (Phi) is 9.38. The molecular weight excluding hydrogens is 566 g/mol. The molecule has 0 aliphatic carbocycles. The van der Waals surface area contributed by atoms with E-state index in [0.29, 0.717) is 5.69 Å². The first-order chi connectivity index (χ1) is 17.8. The van der Waals surface area contributed by atoms with Gasteiger partial charge in [-0.3, -0.25) is 13.9 Å². The Morgan fingerprint density at radius 2 is 1.61 bits per heavy atom. The van der Waals surface area contributed by atoms with Crippen molar-refractivity contribution in [3.63, 3.8) is 0 Å². The molecular formula is C29H34BrN3O4S. The van der Waals surface area contributed by atoms with Crippen LogP contribution in [0.1, 0.15) is 38.8 Å². The molecule has 38 heavy (non-hydrogen) atoms. The molecule has 0 unspecified atom stereocenters. The number of sulfonamides is 1. The van der Waals surface area contributed by atoms with E-state index in [1.165, 1.54) is 17.0 Å². The van der Waals surface area contributed by atoms with Gasteiger partial charge in [-0.25, -0.2) is 8.42 Å². The van der Waals surface area contributed by atoms with Crippen molar-refractivity contribution in [3.05, 3.63) is 94.5 Å². The lowest BCUT2D eigenvalue weighted by atomic mass is 10.1. The van der Waals surface area contributed by atoms with Crippen LogP contribution in [0.4, 0.5) is 5.69 Å². The fourth-order valence-electron chi connectivity index (χ4n) is 3.92. The molecule has 0 saturated carbocycles. The van der Waals surface area contributed by atoms with Gasteiger partial charge in [-0.1, -0.05) is 58.4 Å². The topological polar surface area (TPSA) is 86.8 Å². The zero-order valence-corrected chi connectivity index (χ0v) is 24.7. The number of carbonyl (C=O) groups excluding carboxylic acids is 2. The number of amides is 2. The van der Waals surface area contributed by atoms with Gasteiger partial charge in [0.05, 0.1) is 10.6 Å². The Morgan fingerprint density at radius 1 is 0.947 bits per heavy atom. The molecule has 0 spiro atoms. The average molecular weight is 601 g/mol. The Hall–Kier alpha value is -3.17. The molecule has 0 bridgehead atoms. The van der Waals surface area contributed by atoms with Gasteiger partial charge in [0.15, 0.2) is 0 Å². The number of hydrogen-bond donors (Lipinski definition) is 1. The number of benzene rings is 3. The van der Waals surface area contributed by atoms with Gasteiger partial charge in [-0.2, -0.15) is 0 Å². The zero-order valence-electron chi connectivity index (χ0n) is 22.3. The molecule has 0 radical (unpaired) electrons. The molecule has 7 nitrogen and oxygen atoms in total. The minimum atomic E-state index is -4.08. The van der Waals surface area contributed by atoms with Crippen molar-refractivity contribution in [2.45, 2.75) is 57.6 Å². The number of aryl methyl sites for hydroxylation is 1.